The van der Waals surface area contributed by atoms with Crippen LogP contribution in [-0.2, 0) is 11.8 Å². The van der Waals surface area contributed by atoms with E-state index in [1.54, 1.807) is 7.11 Å². The van der Waals surface area contributed by atoms with Crippen molar-refractivity contribution in [3.8, 4) is 5.75 Å². The van der Waals surface area contributed by atoms with E-state index in [-0.39, 0.29) is 12.0 Å². The van der Waals surface area contributed by atoms with E-state index in [0.717, 1.165) is 28.6 Å². The molecule has 2 rings (SSSR count). The van der Waals surface area contributed by atoms with Crippen molar-refractivity contribution in [2.75, 3.05) is 13.7 Å². The molecule has 0 aliphatic rings. The maximum atomic E-state index is 10.1. The molecule has 1 N–H and O–H groups in total. The molecule has 0 spiro atoms. The van der Waals surface area contributed by atoms with Crippen LogP contribution in [0.3, 0.4) is 0 Å². The molecule has 2 aromatic rings. The first kappa shape index (κ1) is 16.1. The summed E-state index contributed by atoms with van der Waals surface area (Å²) in [6, 6.07) is 16.2. The molecule has 0 radical (unpaired) electrons. The SMILES string of the molecule is CCC(CO)(Cc1cc(OC)ccc1Br)c1ccccc1. The molecule has 0 aliphatic heterocycles. The van der Waals surface area contributed by atoms with Crippen LogP contribution in [0, 0.1) is 0 Å². The van der Waals surface area contributed by atoms with Crippen LogP contribution < -0.4 is 4.74 Å². The molecule has 0 saturated heterocycles. The van der Waals surface area contributed by atoms with E-state index in [0.29, 0.717) is 0 Å². The van der Waals surface area contributed by atoms with Crippen molar-refractivity contribution >= 4 is 15.9 Å². The van der Waals surface area contributed by atoms with Gasteiger partial charge in [0.1, 0.15) is 5.75 Å². The summed E-state index contributed by atoms with van der Waals surface area (Å²) in [5.41, 5.74) is 2.05. The van der Waals surface area contributed by atoms with Gasteiger partial charge in [0.15, 0.2) is 0 Å². The van der Waals surface area contributed by atoms with Gasteiger partial charge in [-0.15, -0.1) is 0 Å². The van der Waals surface area contributed by atoms with E-state index in [4.69, 9.17) is 4.74 Å². The first-order chi connectivity index (χ1) is 10.1. The molecule has 21 heavy (non-hydrogen) atoms. The lowest BCUT2D eigenvalue weighted by molar-refractivity contribution is 0.186. The van der Waals surface area contributed by atoms with Crippen LogP contribution in [0.4, 0.5) is 0 Å². The van der Waals surface area contributed by atoms with Crippen LogP contribution >= 0.6 is 15.9 Å². The standard InChI is InChI=1S/C18H21BrO2/c1-3-18(13-20,15-7-5-4-6-8-15)12-14-11-16(21-2)9-10-17(14)19/h4-11,20H,3,12-13H2,1-2H3. The molecule has 0 amide bonds. The normalized spacial score (nSPS) is 13.7. The Kier molecular flexibility index (Phi) is 5.43. The predicted octanol–water partition coefficient (Wildman–Crippen LogP) is 4.34. The molecule has 0 heterocycles. The highest BCUT2D eigenvalue weighted by molar-refractivity contribution is 9.10. The monoisotopic (exact) mass is 348 g/mol. The molecule has 1 unspecified atom stereocenters. The lowest BCUT2D eigenvalue weighted by Crippen LogP contribution is -2.32. The van der Waals surface area contributed by atoms with Gasteiger partial charge in [0.2, 0.25) is 0 Å². The topological polar surface area (TPSA) is 29.5 Å². The van der Waals surface area contributed by atoms with Gasteiger partial charge in [-0.2, -0.15) is 0 Å². The van der Waals surface area contributed by atoms with Gasteiger partial charge in [0.05, 0.1) is 13.7 Å². The van der Waals surface area contributed by atoms with Crippen LogP contribution in [0.1, 0.15) is 24.5 Å². The molecule has 1 atom stereocenters. The number of benzene rings is 2. The Morgan fingerprint density at radius 1 is 1.14 bits per heavy atom. The van der Waals surface area contributed by atoms with Gasteiger partial charge < -0.3 is 9.84 Å². The summed E-state index contributed by atoms with van der Waals surface area (Å²) in [5, 5.41) is 10.1. The molecular formula is C18H21BrO2. The number of hydrogen-bond donors (Lipinski definition) is 1. The molecule has 0 aliphatic carbocycles. The van der Waals surface area contributed by atoms with Crippen LogP contribution in [0.5, 0.6) is 5.75 Å². The number of ether oxygens (including phenoxy) is 1. The highest BCUT2D eigenvalue weighted by Crippen LogP contribution is 2.35. The first-order valence-corrected chi connectivity index (χ1v) is 7.93. The number of halogens is 1. The van der Waals surface area contributed by atoms with Crippen LogP contribution in [0.15, 0.2) is 53.0 Å². The second-order valence-corrected chi connectivity index (χ2v) is 6.15. The van der Waals surface area contributed by atoms with Gasteiger partial charge >= 0.3 is 0 Å². The summed E-state index contributed by atoms with van der Waals surface area (Å²) in [7, 11) is 1.67. The number of rotatable bonds is 6. The van der Waals surface area contributed by atoms with Crippen molar-refractivity contribution < 1.29 is 9.84 Å². The highest BCUT2D eigenvalue weighted by atomic mass is 79.9. The number of aliphatic hydroxyl groups excluding tert-OH is 1. The fourth-order valence-corrected chi connectivity index (χ4v) is 3.05. The molecule has 0 aromatic heterocycles. The average molecular weight is 349 g/mol. The molecule has 0 fully saturated rings. The fraction of sp³-hybridized carbons (Fsp3) is 0.333. The molecule has 112 valence electrons. The zero-order valence-electron chi connectivity index (χ0n) is 12.5. The predicted molar refractivity (Wildman–Crippen MR) is 89.9 cm³/mol. The van der Waals surface area contributed by atoms with E-state index in [2.05, 4.69) is 35.0 Å². The van der Waals surface area contributed by atoms with Gasteiger partial charge in [-0.3, -0.25) is 0 Å². The third-order valence-electron chi connectivity index (χ3n) is 4.15. The Bertz CT molecular complexity index is 577. The molecule has 0 saturated carbocycles. The lowest BCUT2D eigenvalue weighted by atomic mass is 9.74. The summed E-state index contributed by atoms with van der Waals surface area (Å²) in [5.74, 6) is 0.837. The van der Waals surface area contributed by atoms with Crippen molar-refractivity contribution in [3.63, 3.8) is 0 Å². The van der Waals surface area contributed by atoms with Crippen LogP contribution in [0.2, 0.25) is 0 Å². The minimum Gasteiger partial charge on any atom is -0.497 e. The largest absolute Gasteiger partial charge is 0.497 e. The third-order valence-corrected chi connectivity index (χ3v) is 4.92. The van der Waals surface area contributed by atoms with E-state index in [9.17, 15) is 5.11 Å². The summed E-state index contributed by atoms with van der Waals surface area (Å²) >= 11 is 3.61. The zero-order chi connectivity index (χ0) is 15.3. The smallest absolute Gasteiger partial charge is 0.119 e. The van der Waals surface area contributed by atoms with Gasteiger partial charge in [0.25, 0.3) is 0 Å². The molecule has 3 heteroatoms. The van der Waals surface area contributed by atoms with E-state index in [1.165, 1.54) is 5.56 Å². The molecule has 2 aromatic carbocycles. The second-order valence-electron chi connectivity index (χ2n) is 5.29. The number of aliphatic hydroxyl groups is 1. The maximum absolute atomic E-state index is 10.1. The Morgan fingerprint density at radius 3 is 2.43 bits per heavy atom. The summed E-state index contributed by atoms with van der Waals surface area (Å²) in [6.45, 7) is 2.24. The van der Waals surface area contributed by atoms with Gasteiger partial charge in [-0.05, 0) is 42.2 Å². The molecule has 0 bridgehead atoms. The van der Waals surface area contributed by atoms with Crippen LogP contribution in [-0.4, -0.2) is 18.8 Å². The third kappa shape index (κ3) is 3.47. The summed E-state index contributed by atoms with van der Waals surface area (Å²) in [6.07, 6.45) is 1.64. The second kappa shape index (κ2) is 7.10. The fourth-order valence-electron chi connectivity index (χ4n) is 2.66. The quantitative estimate of drug-likeness (QED) is 0.841. The number of hydrogen-bond acceptors (Lipinski definition) is 2. The van der Waals surface area contributed by atoms with Crippen LogP contribution in [0.25, 0.3) is 0 Å². The summed E-state index contributed by atoms with van der Waals surface area (Å²) in [4.78, 5) is 0. The first-order valence-electron chi connectivity index (χ1n) is 7.14. The number of methoxy groups -OCH3 is 1. The van der Waals surface area contributed by atoms with E-state index < -0.39 is 0 Å². The lowest BCUT2D eigenvalue weighted by Gasteiger charge is -2.32. The van der Waals surface area contributed by atoms with Crippen molar-refractivity contribution in [2.24, 2.45) is 0 Å². The van der Waals surface area contributed by atoms with Gasteiger partial charge in [0, 0.05) is 9.89 Å². The van der Waals surface area contributed by atoms with E-state index in [1.807, 2.05) is 36.4 Å². The average Bonchev–Trinajstić information content (AvgIpc) is 2.55. The Morgan fingerprint density at radius 2 is 1.86 bits per heavy atom. The Balaban J connectivity index is 2.41. The Labute approximate surface area is 134 Å². The van der Waals surface area contributed by atoms with Crippen molar-refractivity contribution in [1.82, 2.24) is 0 Å². The highest BCUT2D eigenvalue weighted by Gasteiger charge is 2.30. The van der Waals surface area contributed by atoms with E-state index >= 15 is 0 Å². The minimum absolute atomic E-state index is 0.122. The summed E-state index contributed by atoms with van der Waals surface area (Å²) < 4.78 is 6.36. The maximum Gasteiger partial charge on any atom is 0.119 e. The van der Waals surface area contributed by atoms with Gasteiger partial charge in [-0.25, -0.2) is 0 Å². The minimum atomic E-state index is -0.268. The van der Waals surface area contributed by atoms with Crippen molar-refractivity contribution in [1.29, 1.82) is 0 Å². The van der Waals surface area contributed by atoms with Gasteiger partial charge in [-0.1, -0.05) is 53.2 Å². The van der Waals surface area contributed by atoms with Crippen molar-refractivity contribution in [2.45, 2.75) is 25.2 Å². The zero-order valence-corrected chi connectivity index (χ0v) is 14.1. The molecular weight excluding hydrogens is 328 g/mol. The van der Waals surface area contributed by atoms with Crippen molar-refractivity contribution in [3.05, 3.63) is 64.1 Å². The Hall–Kier alpha value is -1.32. The molecule has 2 nitrogen and oxygen atoms in total.